The number of aliphatic hydroxyl groups is 1. The highest BCUT2D eigenvalue weighted by molar-refractivity contribution is 6.05. The maximum absolute atomic E-state index is 15.4. The molecule has 1 aliphatic heterocycles. The molecule has 2 aromatic carbocycles. The van der Waals surface area contributed by atoms with Crippen LogP contribution in [0.2, 0.25) is 0 Å². The number of methoxy groups -OCH3 is 1. The number of ether oxygens (including phenoxy) is 2. The minimum Gasteiger partial charge on any atom is -0.497 e. The molecule has 1 saturated heterocycles. The molecule has 1 aromatic heterocycles. The Morgan fingerprint density at radius 2 is 1.74 bits per heavy atom. The maximum Gasteiger partial charge on any atom is 0.387 e. The molecule has 0 spiro atoms. The molecular weight excluding hydrogens is 574 g/mol. The Morgan fingerprint density at radius 1 is 1.07 bits per heavy atom. The molecule has 1 unspecified atom stereocenters. The first-order valence-electron chi connectivity index (χ1n) is 13.7. The fourth-order valence-electron chi connectivity index (χ4n) is 5.80. The second kappa shape index (κ2) is 12.5. The molecule has 9 nitrogen and oxygen atoms in total. The smallest absolute Gasteiger partial charge is 0.387 e. The number of hydrogen-bond donors (Lipinski definition) is 2. The Labute approximate surface area is 243 Å². The molecule has 3 aromatic rings. The first-order chi connectivity index (χ1) is 20.6. The first kappa shape index (κ1) is 30.1. The normalized spacial score (nSPS) is 18.1. The van der Waals surface area contributed by atoms with E-state index in [9.17, 15) is 28.3 Å². The lowest BCUT2D eigenvalue weighted by Gasteiger charge is -2.26. The summed E-state index contributed by atoms with van der Waals surface area (Å²) in [5.41, 5.74) is 0.501. The van der Waals surface area contributed by atoms with Gasteiger partial charge in [-0.2, -0.15) is 8.78 Å². The van der Waals surface area contributed by atoms with Crippen molar-refractivity contribution in [2.45, 2.75) is 50.8 Å². The van der Waals surface area contributed by atoms with E-state index in [1.165, 1.54) is 28.7 Å². The molecular formula is C30H29F4N3O6. The van der Waals surface area contributed by atoms with E-state index in [-0.39, 0.29) is 42.4 Å². The van der Waals surface area contributed by atoms with Gasteiger partial charge >= 0.3 is 6.61 Å². The summed E-state index contributed by atoms with van der Waals surface area (Å²) in [7, 11) is 1.24. The molecule has 1 aliphatic carbocycles. The summed E-state index contributed by atoms with van der Waals surface area (Å²) < 4.78 is 66.4. The summed E-state index contributed by atoms with van der Waals surface area (Å²) in [5.74, 6) is -5.10. The molecule has 2 aliphatic rings. The predicted molar refractivity (Wildman–Crippen MR) is 147 cm³/mol. The molecule has 2 atom stereocenters. The summed E-state index contributed by atoms with van der Waals surface area (Å²) in [6.45, 7) is -3.73. The summed E-state index contributed by atoms with van der Waals surface area (Å²) in [5, 5.41) is 12.1. The fraction of sp³-hybridized carbons (Fsp3) is 0.367. The van der Waals surface area contributed by atoms with Crippen LogP contribution in [0, 0.1) is 11.6 Å². The van der Waals surface area contributed by atoms with Gasteiger partial charge in [0.1, 0.15) is 34.9 Å². The molecule has 2 heterocycles. The number of halogens is 4. The summed E-state index contributed by atoms with van der Waals surface area (Å²) in [6, 6.07) is 5.12. The number of aryl methyl sites for hydroxylation is 1. The average molecular weight is 604 g/mol. The van der Waals surface area contributed by atoms with E-state index in [1.807, 2.05) is 0 Å². The van der Waals surface area contributed by atoms with E-state index >= 15 is 8.78 Å². The van der Waals surface area contributed by atoms with E-state index in [1.54, 1.807) is 6.20 Å². The number of amides is 2. The van der Waals surface area contributed by atoms with E-state index in [0.717, 1.165) is 42.7 Å². The zero-order chi connectivity index (χ0) is 30.8. The summed E-state index contributed by atoms with van der Waals surface area (Å²) >= 11 is 0. The summed E-state index contributed by atoms with van der Waals surface area (Å²) in [4.78, 5) is 42.1. The number of carbonyl (C=O) groups excluding carboxylic acids is 2. The van der Waals surface area contributed by atoms with Gasteiger partial charge in [0.2, 0.25) is 5.91 Å². The van der Waals surface area contributed by atoms with Crippen molar-refractivity contribution in [1.82, 2.24) is 9.88 Å². The van der Waals surface area contributed by atoms with Crippen molar-refractivity contribution < 1.29 is 41.7 Å². The van der Waals surface area contributed by atoms with Gasteiger partial charge in [0.15, 0.2) is 0 Å². The van der Waals surface area contributed by atoms with Gasteiger partial charge in [-0.3, -0.25) is 14.4 Å². The second-order valence-electron chi connectivity index (χ2n) is 10.3. The van der Waals surface area contributed by atoms with Crippen LogP contribution in [0.4, 0.5) is 23.2 Å². The lowest BCUT2D eigenvalue weighted by atomic mass is 9.91. The van der Waals surface area contributed by atoms with Crippen LogP contribution in [0.5, 0.6) is 11.5 Å². The van der Waals surface area contributed by atoms with Gasteiger partial charge in [0, 0.05) is 48.5 Å². The molecule has 2 N–H and O–H groups in total. The van der Waals surface area contributed by atoms with Crippen molar-refractivity contribution in [1.29, 1.82) is 0 Å². The highest BCUT2D eigenvalue weighted by Crippen LogP contribution is 2.38. The van der Waals surface area contributed by atoms with E-state index in [4.69, 9.17) is 4.74 Å². The second-order valence-corrected chi connectivity index (χ2v) is 10.3. The van der Waals surface area contributed by atoms with Crippen LogP contribution in [-0.2, 0) is 24.2 Å². The Morgan fingerprint density at radius 3 is 2.37 bits per heavy atom. The zero-order valence-electron chi connectivity index (χ0n) is 23.1. The molecule has 13 heteroatoms. The highest BCUT2D eigenvalue weighted by Gasteiger charge is 2.47. The quantitative estimate of drug-likeness (QED) is 0.363. The average Bonchev–Trinajstić information content (AvgIpc) is 3.27. The number of nitrogens with zero attached hydrogens (tertiary/aromatic N) is 2. The number of carbonyl (C=O) groups is 2. The lowest BCUT2D eigenvalue weighted by molar-refractivity contribution is -0.118. The third kappa shape index (κ3) is 5.94. The number of alkyl halides is 2. The Balaban J connectivity index is 1.57. The molecule has 228 valence electrons. The Bertz CT molecular complexity index is 1570. The van der Waals surface area contributed by atoms with Crippen molar-refractivity contribution in [2.75, 3.05) is 25.2 Å². The van der Waals surface area contributed by atoms with Gasteiger partial charge in [-0.05, 0) is 61.1 Å². The Kier molecular flexibility index (Phi) is 8.71. The van der Waals surface area contributed by atoms with Gasteiger partial charge in [-0.1, -0.05) is 0 Å². The van der Waals surface area contributed by atoms with Gasteiger partial charge in [0.25, 0.3) is 11.5 Å². The molecule has 2 amide bonds. The van der Waals surface area contributed by atoms with Crippen molar-refractivity contribution >= 4 is 17.5 Å². The van der Waals surface area contributed by atoms with Crippen molar-refractivity contribution in [3.05, 3.63) is 86.8 Å². The van der Waals surface area contributed by atoms with Crippen LogP contribution in [0.1, 0.15) is 45.8 Å². The topological polar surface area (TPSA) is 110 Å². The minimum atomic E-state index is -3.07. The predicted octanol–water partition coefficient (Wildman–Crippen LogP) is 3.54. The van der Waals surface area contributed by atoms with Crippen molar-refractivity contribution in [3.8, 4) is 11.5 Å². The largest absolute Gasteiger partial charge is 0.497 e. The number of pyridine rings is 1. The van der Waals surface area contributed by atoms with Gasteiger partial charge in [-0.15, -0.1) is 0 Å². The number of aliphatic hydroxyl groups excluding tert-OH is 1. The summed E-state index contributed by atoms with van der Waals surface area (Å²) in [6.07, 6.45) is 4.44. The van der Waals surface area contributed by atoms with Crippen LogP contribution in [-0.4, -0.2) is 54.4 Å². The van der Waals surface area contributed by atoms with Crippen LogP contribution in [0.15, 0.2) is 47.4 Å². The van der Waals surface area contributed by atoms with Crippen LogP contribution in [0.3, 0.4) is 0 Å². The van der Waals surface area contributed by atoms with Gasteiger partial charge in [0.05, 0.1) is 13.7 Å². The van der Waals surface area contributed by atoms with Crippen LogP contribution >= 0.6 is 0 Å². The Hall–Kier alpha value is -4.39. The van der Waals surface area contributed by atoms with E-state index in [2.05, 4.69) is 10.1 Å². The van der Waals surface area contributed by atoms with E-state index < -0.39 is 53.1 Å². The number of rotatable bonds is 9. The SMILES string of the molecule is COc1cc(F)c([C@@H]2CN(c3c4c(cn(CCO)c3=O)CCCC4)C(=O)C2NC(=O)c2ccc(OC(F)F)cc2)c(F)c1. The fourth-order valence-corrected chi connectivity index (χ4v) is 5.80. The molecule has 0 bridgehead atoms. The molecule has 1 fully saturated rings. The van der Waals surface area contributed by atoms with Crippen molar-refractivity contribution in [2.24, 2.45) is 0 Å². The van der Waals surface area contributed by atoms with Gasteiger partial charge in [-0.25, -0.2) is 8.78 Å². The number of benzene rings is 2. The maximum atomic E-state index is 15.4. The van der Waals surface area contributed by atoms with Crippen molar-refractivity contribution in [3.63, 3.8) is 0 Å². The molecule has 5 rings (SSSR count). The van der Waals surface area contributed by atoms with E-state index in [0.29, 0.717) is 18.4 Å². The molecule has 43 heavy (non-hydrogen) atoms. The standard InChI is InChI=1S/C30H29F4N3O6/c1-42-19-12-22(31)24(23(32)13-19)21-15-37(26-20-5-3-2-4-17(20)14-36(10-11-38)29(26)41)28(40)25(21)35-27(39)16-6-8-18(9-7-16)43-30(33)34/h6-9,12-14,21,25,30,38H,2-5,10-11,15H2,1H3,(H,35,39)/t21-,25?/m0/s1. The number of aromatic nitrogens is 1. The third-order valence-electron chi connectivity index (χ3n) is 7.78. The molecule has 0 saturated carbocycles. The minimum absolute atomic E-state index is 0.0161. The molecule has 0 radical (unpaired) electrons. The number of anilines is 1. The van der Waals surface area contributed by atoms with Crippen LogP contribution in [0.25, 0.3) is 0 Å². The third-order valence-corrected chi connectivity index (χ3v) is 7.78. The monoisotopic (exact) mass is 603 g/mol. The first-order valence-corrected chi connectivity index (χ1v) is 13.7. The highest BCUT2D eigenvalue weighted by atomic mass is 19.3. The number of hydrogen-bond acceptors (Lipinski definition) is 6. The lowest BCUT2D eigenvalue weighted by Crippen LogP contribution is -2.45. The number of fused-ring (bicyclic) bond motifs is 1. The van der Waals surface area contributed by atoms with Gasteiger partial charge < -0.3 is 29.4 Å². The van der Waals surface area contributed by atoms with Crippen LogP contribution < -0.4 is 25.2 Å². The number of nitrogens with one attached hydrogen (secondary N) is 1. The zero-order valence-corrected chi connectivity index (χ0v) is 23.1.